The highest BCUT2D eigenvalue weighted by molar-refractivity contribution is 9.10. The van der Waals surface area contributed by atoms with E-state index >= 15 is 0 Å². The van der Waals surface area contributed by atoms with E-state index in [1.54, 1.807) is 6.21 Å². The Bertz CT molecular complexity index is 890. The molecule has 23 heavy (non-hydrogen) atoms. The average molecular weight is 369 g/mol. The molecule has 0 unspecified atom stereocenters. The summed E-state index contributed by atoms with van der Waals surface area (Å²) in [5, 5.41) is 4.10. The molecule has 0 saturated heterocycles. The highest BCUT2D eigenvalue weighted by Gasteiger charge is 2.02. The van der Waals surface area contributed by atoms with E-state index in [0.29, 0.717) is 11.6 Å². The van der Waals surface area contributed by atoms with Gasteiger partial charge in [0.2, 0.25) is 5.95 Å². The van der Waals surface area contributed by atoms with E-state index in [9.17, 15) is 4.79 Å². The highest BCUT2D eigenvalue weighted by atomic mass is 79.9. The second kappa shape index (κ2) is 7.02. The van der Waals surface area contributed by atoms with Crippen molar-refractivity contribution in [2.45, 2.75) is 0 Å². The largest absolute Gasteiger partial charge is 0.291 e. The second-order valence-electron chi connectivity index (χ2n) is 4.77. The summed E-state index contributed by atoms with van der Waals surface area (Å²) in [5.74, 6) is 0.294. The molecule has 6 heteroatoms. The maximum atomic E-state index is 11.8. The molecule has 0 aliphatic carbocycles. The lowest BCUT2D eigenvalue weighted by atomic mass is 10.1. The van der Waals surface area contributed by atoms with Crippen LogP contribution in [0.15, 0.2) is 75.0 Å². The van der Waals surface area contributed by atoms with E-state index in [1.165, 1.54) is 6.07 Å². The standard InChI is InChI=1S/C17H13BrN4O/c18-14-8-4-5-12(9-14)11-19-22-17-20-15(10-16(23)21-17)13-6-2-1-3-7-13/h1-11H,(H2,20,21,22,23)/b19-11-. The minimum Gasteiger partial charge on any atom is -0.291 e. The molecule has 0 fully saturated rings. The monoisotopic (exact) mass is 368 g/mol. The number of nitrogens with one attached hydrogen (secondary N) is 2. The number of aromatic nitrogens is 2. The Morgan fingerprint density at radius 2 is 1.91 bits per heavy atom. The fourth-order valence-electron chi connectivity index (χ4n) is 2.02. The summed E-state index contributed by atoms with van der Waals surface area (Å²) in [6.07, 6.45) is 1.65. The summed E-state index contributed by atoms with van der Waals surface area (Å²) in [6, 6.07) is 18.7. The molecule has 2 N–H and O–H groups in total. The molecule has 0 saturated carbocycles. The molecule has 1 heterocycles. The molecule has 1 aromatic heterocycles. The Balaban J connectivity index is 1.81. The third-order valence-electron chi connectivity index (χ3n) is 3.04. The van der Waals surface area contributed by atoms with Crippen molar-refractivity contribution in [3.63, 3.8) is 0 Å². The van der Waals surface area contributed by atoms with Gasteiger partial charge in [0.05, 0.1) is 11.9 Å². The molecule has 0 spiro atoms. The van der Waals surface area contributed by atoms with Gasteiger partial charge in [-0.3, -0.25) is 9.78 Å². The molecule has 0 aliphatic heterocycles. The fraction of sp³-hybridized carbons (Fsp3) is 0. The van der Waals surface area contributed by atoms with Crippen LogP contribution in [0.25, 0.3) is 11.3 Å². The molecule has 0 amide bonds. The van der Waals surface area contributed by atoms with Crippen LogP contribution in [0.1, 0.15) is 5.56 Å². The van der Waals surface area contributed by atoms with Gasteiger partial charge in [0.25, 0.3) is 5.56 Å². The summed E-state index contributed by atoms with van der Waals surface area (Å²) >= 11 is 3.40. The van der Waals surface area contributed by atoms with Crippen molar-refractivity contribution in [1.82, 2.24) is 9.97 Å². The van der Waals surface area contributed by atoms with Crippen molar-refractivity contribution < 1.29 is 0 Å². The zero-order valence-corrected chi connectivity index (χ0v) is 13.6. The van der Waals surface area contributed by atoms with E-state index in [2.05, 4.69) is 36.4 Å². The summed E-state index contributed by atoms with van der Waals surface area (Å²) in [5.41, 5.74) is 4.90. The van der Waals surface area contributed by atoms with Gasteiger partial charge in [-0.05, 0) is 17.7 Å². The lowest BCUT2D eigenvalue weighted by Crippen LogP contribution is -2.10. The summed E-state index contributed by atoms with van der Waals surface area (Å²) in [6.45, 7) is 0. The van der Waals surface area contributed by atoms with Crippen molar-refractivity contribution >= 4 is 28.1 Å². The number of hydrogen-bond donors (Lipinski definition) is 2. The lowest BCUT2D eigenvalue weighted by Gasteiger charge is -2.03. The fourth-order valence-corrected chi connectivity index (χ4v) is 2.44. The minimum absolute atomic E-state index is 0.237. The number of hydrogen-bond acceptors (Lipinski definition) is 4. The lowest BCUT2D eigenvalue weighted by molar-refractivity contribution is 1.09. The number of hydrazone groups is 1. The molecule has 0 bridgehead atoms. The van der Waals surface area contributed by atoms with E-state index in [0.717, 1.165) is 15.6 Å². The molecule has 0 aliphatic rings. The van der Waals surface area contributed by atoms with Crippen molar-refractivity contribution in [1.29, 1.82) is 0 Å². The molecule has 5 nitrogen and oxygen atoms in total. The zero-order chi connectivity index (χ0) is 16.1. The number of halogens is 1. The van der Waals surface area contributed by atoms with Gasteiger partial charge in [0.1, 0.15) is 0 Å². The molecule has 0 atom stereocenters. The molecular weight excluding hydrogens is 356 g/mol. The number of aromatic amines is 1. The van der Waals surface area contributed by atoms with Crippen molar-refractivity contribution in [2.75, 3.05) is 5.43 Å². The van der Waals surface area contributed by atoms with Crippen LogP contribution in [0.4, 0.5) is 5.95 Å². The van der Waals surface area contributed by atoms with Crippen LogP contribution < -0.4 is 11.0 Å². The molecule has 0 radical (unpaired) electrons. The van der Waals surface area contributed by atoms with Crippen LogP contribution in [-0.2, 0) is 0 Å². The Morgan fingerprint density at radius 1 is 1.09 bits per heavy atom. The first kappa shape index (κ1) is 15.2. The van der Waals surface area contributed by atoms with Crippen LogP contribution in [0, 0.1) is 0 Å². The molecule has 3 aromatic rings. The first-order valence-corrected chi connectivity index (χ1v) is 7.71. The second-order valence-corrected chi connectivity index (χ2v) is 5.69. The van der Waals surface area contributed by atoms with Gasteiger partial charge in [0, 0.05) is 16.1 Å². The Hall–Kier alpha value is -2.73. The van der Waals surface area contributed by atoms with E-state index in [1.807, 2.05) is 54.6 Å². The third kappa shape index (κ3) is 4.14. The smallest absolute Gasteiger partial charge is 0.252 e. The number of nitrogens with zero attached hydrogens (tertiary/aromatic N) is 2. The van der Waals surface area contributed by atoms with E-state index < -0.39 is 0 Å². The maximum Gasteiger partial charge on any atom is 0.252 e. The van der Waals surface area contributed by atoms with Crippen molar-refractivity contribution in [2.24, 2.45) is 5.10 Å². The topological polar surface area (TPSA) is 70.1 Å². The van der Waals surface area contributed by atoms with Crippen LogP contribution in [0.3, 0.4) is 0 Å². The Morgan fingerprint density at radius 3 is 2.70 bits per heavy atom. The first-order valence-electron chi connectivity index (χ1n) is 6.92. The average Bonchev–Trinajstić information content (AvgIpc) is 2.55. The Labute approximate surface area is 141 Å². The summed E-state index contributed by atoms with van der Waals surface area (Å²) in [4.78, 5) is 18.7. The van der Waals surface area contributed by atoms with Crippen LogP contribution in [-0.4, -0.2) is 16.2 Å². The van der Waals surface area contributed by atoms with Crippen molar-refractivity contribution in [3.05, 3.63) is 81.1 Å². The number of H-pyrrole nitrogens is 1. The van der Waals surface area contributed by atoms with Gasteiger partial charge < -0.3 is 0 Å². The highest BCUT2D eigenvalue weighted by Crippen LogP contribution is 2.15. The van der Waals surface area contributed by atoms with E-state index in [4.69, 9.17) is 0 Å². The summed E-state index contributed by atoms with van der Waals surface area (Å²) in [7, 11) is 0. The van der Waals surface area contributed by atoms with Gasteiger partial charge >= 0.3 is 0 Å². The maximum absolute atomic E-state index is 11.8. The van der Waals surface area contributed by atoms with Gasteiger partial charge in [-0.2, -0.15) is 5.10 Å². The molecule has 114 valence electrons. The van der Waals surface area contributed by atoms with Gasteiger partial charge in [0.15, 0.2) is 0 Å². The van der Waals surface area contributed by atoms with Gasteiger partial charge in [-0.15, -0.1) is 0 Å². The molecule has 2 aromatic carbocycles. The normalized spacial score (nSPS) is 10.8. The van der Waals surface area contributed by atoms with Gasteiger partial charge in [-0.1, -0.05) is 58.4 Å². The van der Waals surface area contributed by atoms with E-state index in [-0.39, 0.29) is 5.56 Å². The number of benzene rings is 2. The molecule has 3 rings (SSSR count). The third-order valence-corrected chi connectivity index (χ3v) is 3.54. The SMILES string of the molecule is O=c1cc(-c2ccccc2)nc(N/N=C\c2cccc(Br)c2)[nH]1. The Kier molecular flexibility index (Phi) is 4.63. The van der Waals surface area contributed by atoms with Crippen LogP contribution in [0.5, 0.6) is 0 Å². The van der Waals surface area contributed by atoms with Crippen molar-refractivity contribution in [3.8, 4) is 11.3 Å². The zero-order valence-electron chi connectivity index (χ0n) is 12.0. The number of rotatable bonds is 4. The predicted molar refractivity (Wildman–Crippen MR) is 95.7 cm³/mol. The van der Waals surface area contributed by atoms with Gasteiger partial charge in [-0.25, -0.2) is 10.4 Å². The van der Waals surface area contributed by atoms with Crippen LogP contribution in [0.2, 0.25) is 0 Å². The minimum atomic E-state index is -0.237. The quantitative estimate of drug-likeness (QED) is 0.545. The number of anilines is 1. The first-order chi connectivity index (χ1) is 11.2. The van der Waals surface area contributed by atoms with Crippen LogP contribution >= 0.6 is 15.9 Å². The summed E-state index contributed by atoms with van der Waals surface area (Å²) < 4.78 is 0.971. The molecular formula is C17H13BrN4O. The predicted octanol–water partition coefficient (Wildman–Crippen LogP) is 3.65.